The number of fused-ring (bicyclic) bond motifs is 7. The van der Waals surface area contributed by atoms with Crippen LogP contribution in [0.5, 0.6) is 0 Å². The lowest BCUT2D eigenvalue weighted by Gasteiger charge is -2.25. The minimum Gasteiger partial charge on any atom is -0.456 e. The van der Waals surface area contributed by atoms with Crippen LogP contribution < -0.4 is 4.90 Å². The third-order valence-electron chi connectivity index (χ3n) is 8.24. The molecule has 0 aliphatic rings. The Kier molecular flexibility index (Phi) is 5.16. The molecule has 9 aromatic rings. The highest BCUT2D eigenvalue weighted by atomic mass is 16.3. The van der Waals surface area contributed by atoms with Gasteiger partial charge in [0.25, 0.3) is 0 Å². The maximum Gasteiger partial charge on any atom is 0.161 e. The number of hydrogen-bond donors (Lipinski definition) is 0. The molecule has 0 unspecified atom stereocenters. The van der Waals surface area contributed by atoms with Crippen LogP contribution in [-0.4, -0.2) is 4.98 Å². The van der Waals surface area contributed by atoms with Crippen molar-refractivity contribution in [2.45, 2.75) is 0 Å². The first-order valence-electron chi connectivity index (χ1n) is 14.4. The molecule has 0 fully saturated rings. The number of rotatable bonds is 4. The summed E-state index contributed by atoms with van der Waals surface area (Å²) in [6.45, 7) is 0. The zero-order valence-electron chi connectivity index (χ0n) is 23.1. The summed E-state index contributed by atoms with van der Waals surface area (Å²) in [6.07, 6.45) is 0. The van der Waals surface area contributed by atoms with Crippen molar-refractivity contribution in [1.82, 2.24) is 4.98 Å². The topological polar surface area (TPSA) is 42.4 Å². The molecule has 0 aliphatic carbocycles. The summed E-state index contributed by atoms with van der Waals surface area (Å²) in [7, 11) is 0. The maximum atomic E-state index is 6.62. The van der Waals surface area contributed by atoms with Gasteiger partial charge in [0.1, 0.15) is 16.7 Å². The summed E-state index contributed by atoms with van der Waals surface area (Å²) < 4.78 is 12.9. The summed E-state index contributed by atoms with van der Waals surface area (Å²) in [5.41, 5.74) is 10.4. The maximum absolute atomic E-state index is 6.62. The summed E-state index contributed by atoms with van der Waals surface area (Å²) in [5, 5.41) is 4.24. The zero-order valence-corrected chi connectivity index (χ0v) is 23.1. The van der Waals surface area contributed by atoms with Gasteiger partial charge in [-0.1, -0.05) is 84.9 Å². The van der Waals surface area contributed by atoms with Crippen LogP contribution in [0.1, 0.15) is 0 Å². The van der Waals surface area contributed by atoms with Gasteiger partial charge in [0, 0.05) is 33.3 Å². The van der Waals surface area contributed by atoms with E-state index in [0.717, 1.165) is 77.5 Å². The number of hydrogen-bond acceptors (Lipinski definition) is 4. The number of aromatic nitrogens is 1. The standard InChI is InChI=1S/C39H24N2O2/c1-2-9-25(10-3-1)26-17-19-28(20-18-26)41(29-21-22-31-30-12-5-7-16-35(30)42-36(31)24-29)34-15-8-13-32-38-37(43-39(32)34)23-27-11-4-6-14-33(27)40-38/h1-24H. The van der Waals surface area contributed by atoms with Crippen LogP contribution in [0.25, 0.3) is 66.0 Å². The molecule has 3 aromatic heterocycles. The Balaban J connectivity index is 1.28. The highest BCUT2D eigenvalue weighted by Crippen LogP contribution is 2.44. The number of anilines is 3. The van der Waals surface area contributed by atoms with E-state index < -0.39 is 0 Å². The Morgan fingerprint density at radius 2 is 1.19 bits per heavy atom. The Morgan fingerprint density at radius 1 is 0.465 bits per heavy atom. The molecular formula is C39H24N2O2. The van der Waals surface area contributed by atoms with Crippen LogP contribution in [0.3, 0.4) is 0 Å². The van der Waals surface area contributed by atoms with Gasteiger partial charge in [0.2, 0.25) is 0 Å². The molecule has 43 heavy (non-hydrogen) atoms. The first-order chi connectivity index (χ1) is 21.3. The first kappa shape index (κ1) is 23.8. The van der Waals surface area contributed by atoms with Gasteiger partial charge in [0.15, 0.2) is 11.2 Å². The van der Waals surface area contributed by atoms with E-state index in [1.165, 1.54) is 5.56 Å². The molecule has 9 rings (SSSR count). The van der Waals surface area contributed by atoms with E-state index >= 15 is 0 Å². The highest BCUT2D eigenvalue weighted by Gasteiger charge is 2.21. The van der Waals surface area contributed by atoms with Gasteiger partial charge in [-0.3, -0.25) is 0 Å². The normalized spacial score (nSPS) is 11.7. The second kappa shape index (κ2) is 9.33. The van der Waals surface area contributed by atoms with Crippen LogP contribution in [0, 0.1) is 0 Å². The van der Waals surface area contributed by atoms with Gasteiger partial charge in [-0.25, -0.2) is 4.98 Å². The van der Waals surface area contributed by atoms with Crippen LogP contribution in [0.4, 0.5) is 17.1 Å². The Labute approximate surface area is 247 Å². The Bertz CT molecular complexity index is 2450. The minimum absolute atomic E-state index is 0.772. The third-order valence-corrected chi connectivity index (χ3v) is 8.24. The van der Waals surface area contributed by atoms with Crippen molar-refractivity contribution in [3.8, 4) is 11.1 Å². The lowest BCUT2D eigenvalue weighted by atomic mass is 10.0. The molecule has 4 heteroatoms. The molecule has 3 heterocycles. The number of para-hydroxylation sites is 3. The van der Waals surface area contributed by atoms with E-state index in [2.05, 4.69) is 108 Å². The molecule has 0 atom stereocenters. The highest BCUT2D eigenvalue weighted by molar-refractivity contribution is 6.11. The average molecular weight is 553 g/mol. The van der Waals surface area contributed by atoms with Gasteiger partial charge in [-0.2, -0.15) is 0 Å². The largest absolute Gasteiger partial charge is 0.456 e. The van der Waals surface area contributed by atoms with Crippen LogP contribution >= 0.6 is 0 Å². The van der Waals surface area contributed by atoms with Crippen molar-refractivity contribution in [3.63, 3.8) is 0 Å². The first-order valence-corrected chi connectivity index (χ1v) is 14.4. The van der Waals surface area contributed by atoms with E-state index in [1.54, 1.807) is 0 Å². The smallest absolute Gasteiger partial charge is 0.161 e. The summed E-state index contributed by atoms with van der Waals surface area (Å²) in [5.74, 6) is 0. The number of benzene rings is 6. The predicted molar refractivity (Wildman–Crippen MR) is 176 cm³/mol. The number of pyridine rings is 1. The number of furan rings is 2. The van der Waals surface area contributed by atoms with Crippen LogP contribution in [0.15, 0.2) is 154 Å². The van der Waals surface area contributed by atoms with E-state index in [9.17, 15) is 0 Å². The van der Waals surface area contributed by atoms with Crippen molar-refractivity contribution in [1.29, 1.82) is 0 Å². The molecular weight excluding hydrogens is 528 g/mol. The summed E-state index contributed by atoms with van der Waals surface area (Å²) in [6, 6.07) is 50.2. The van der Waals surface area contributed by atoms with Gasteiger partial charge in [-0.05, 0) is 65.7 Å². The predicted octanol–water partition coefficient (Wildman–Crippen LogP) is 11.2. The van der Waals surface area contributed by atoms with Gasteiger partial charge >= 0.3 is 0 Å². The van der Waals surface area contributed by atoms with E-state index in [1.807, 2.05) is 42.5 Å². The molecule has 6 aromatic carbocycles. The van der Waals surface area contributed by atoms with Gasteiger partial charge in [-0.15, -0.1) is 0 Å². The van der Waals surface area contributed by atoms with Gasteiger partial charge < -0.3 is 13.7 Å². The molecule has 0 bridgehead atoms. The second-order valence-corrected chi connectivity index (χ2v) is 10.8. The SMILES string of the molecule is c1ccc(-c2ccc(N(c3ccc4c(c3)oc3ccccc34)c3cccc4c3oc3cc5ccccc5nc34)cc2)cc1. The molecule has 202 valence electrons. The van der Waals surface area contributed by atoms with Crippen molar-refractivity contribution in [2.75, 3.05) is 4.90 Å². The average Bonchev–Trinajstić information content (AvgIpc) is 3.62. The number of nitrogens with zero attached hydrogens (tertiary/aromatic N) is 2. The molecule has 4 nitrogen and oxygen atoms in total. The summed E-state index contributed by atoms with van der Waals surface area (Å²) in [4.78, 5) is 7.24. The molecule has 0 saturated heterocycles. The van der Waals surface area contributed by atoms with Crippen molar-refractivity contribution >= 4 is 72.0 Å². The fourth-order valence-electron chi connectivity index (χ4n) is 6.19. The molecule has 0 N–H and O–H groups in total. The van der Waals surface area contributed by atoms with Crippen molar-refractivity contribution in [2.24, 2.45) is 0 Å². The van der Waals surface area contributed by atoms with Crippen molar-refractivity contribution < 1.29 is 8.83 Å². The monoisotopic (exact) mass is 552 g/mol. The van der Waals surface area contributed by atoms with Crippen LogP contribution in [0.2, 0.25) is 0 Å². The third kappa shape index (κ3) is 3.81. The van der Waals surface area contributed by atoms with Crippen LogP contribution in [-0.2, 0) is 0 Å². The van der Waals surface area contributed by atoms with Crippen molar-refractivity contribution in [3.05, 3.63) is 146 Å². The van der Waals surface area contributed by atoms with E-state index in [-0.39, 0.29) is 0 Å². The van der Waals surface area contributed by atoms with E-state index in [0.29, 0.717) is 0 Å². The molecule has 0 saturated carbocycles. The zero-order chi connectivity index (χ0) is 28.3. The lowest BCUT2D eigenvalue weighted by molar-refractivity contribution is 0.667. The van der Waals surface area contributed by atoms with Gasteiger partial charge in [0.05, 0.1) is 16.9 Å². The quantitative estimate of drug-likeness (QED) is 0.218. The molecule has 0 radical (unpaired) electrons. The Morgan fingerprint density at radius 3 is 2.09 bits per heavy atom. The minimum atomic E-state index is 0.772. The molecule has 0 spiro atoms. The van der Waals surface area contributed by atoms with E-state index in [4.69, 9.17) is 13.8 Å². The molecule has 0 amide bonds. The molecule has 0 aliphatic heterocycles. The lowest BCUT2D eigenvalue weighted by Crippen LogP contribution is -2.10. The fourth-order valence-corrected chi connectivity index (χ4v) is 6.19. The Hall–Kier alpha value is -5.87. The fraction of sp³-hybridized carbons (Fsp3) is 0. The second-order valence-electron chi connectivity index (χ2n) is 10.8. The summed E-state index contributed by atoms with van der Waals surface area (Å²) >= 11 is 0.